The highest BCUT2D eigenvalue weighted by Crippen LogP contribution is 2.42. The zero-order chi connectivity index (χ0) is 19.1. The average Bonchev–Trinajstić information content (AvgIpc) is 2.64. The number of nitriles is 2. The molecule has 0 aliphatic carbocycles. The Balaban J connectivity index is 2.67. The van der Waals surface area contributed by atoms with Crippen molar-refractivity contribution in [3.8, 4) is 23.3 Å². The van der Waals surface area contributed by atoms with Gasteiger partial charge in [0.15, 0.2) is 0 Å². The van der Waals surface area contributed by atoms with Crippen LogP contribution in [0.3, 0.4) is 0 Å². The molecule has 0 bridgehead atoms. The van der Waals surface area contributed by atoms with Gasteiger partial charge in [0.2, 0.25) is 0 Å². The van der Waals surface area contributed by atoms with Crippen molar-refractivity contribution >= 4 is 24.1 Å². The van der Waals surface area contributed by atoms with Crippen LogP contribution in [0.25, 0.3) is 11.1 Å². The molecule has 134 valence electrons. The smallest absolute Gasteiger partial charge is 0.101 e. The minimum absolute atomic E-state index is 0.00809. The first kappa shape index (κ1) is 20.4. The molecule has 6 heteroatoms. The third-order valence-corrected chi connectivity index (χ3v) is 5.38. The van der Waals surface area contributed by atoms with Gasteiger partial charge in [-0.05, 0) is 39.3 Å². The summed E-state index contributed by atoms with van der Waals surface area (Å²) in [6, 6.07) is 15.7. The molecule has 0 spiro atoms. The Hall–Kier alpha value is -1.96. The topological polar surface area (TPSA) is 66.0 Å². The fraction of sp³-hybridized carbons (Fsp3) is 0.300. The van der Waals surface area contributed by atoms with Crippen molar-refractivity contribution in [2.45, 2.75) is 49.7 Å². The van der Waals surface area contributed by atoms with Crippen molar-refractivity contribution in [1.82, 2.24) is 0 Å². The van der Waals surface area contributed by atoms with Crippen LogP contribution >= 0.6 is 24.1 Å². The minimum atomic E-state index is -0.00812. The molecule has 0 saturated heterocycles. The predicted molar refractivity (Wildman–Crippen MR) is 105 cm³/mol. The summed E-state index contributed by atoms with van der Waals surface area (Å²) < 4.78 is 11.3. The summed E-state index contributed by atoms with van der Waals surface area (Å²) in [6.45, 7) is 7.72. The van der Waals surface area contributed by atoms with E-state index < -0.39 is 0 Å². The van der Waals surface area contributed by atoms with Crippen LogP contribution in [0.4, 0.5) is 0 Å². The van der Waals surface area contributed by atoms with E-state index in [1.165, 1.54) is 12.0 Å². The SMILES string of the molecule is CC(C)OSc1cc(C#N)c(-c2ccccc2)c(C#N)c1SOC(C)C. The molecule has 0 N–H and O–H groups in total. The standard InChI is InChI=1S/C20H20N2O2S2/c1-13(2)23-25-18-10-16(11-21)19(15-8-6-5-7-9-15)17(12-22)20(18)26-24-14(3)4/h5-10,13-14H,1-4H3. The first-order valence-electron chi connectivity index (χ1n) is 8.21. The monoisotopic (exact) mass is 384 g/mol. The van der Waals surface area contributed by atoms with E-state index in [-0.39, 0.29) is 12.2 Å². The highest BCUT2D eigenvalue weighted by molar-refractivity contribution is 7.97. The second kappa shape index (κ2) is 9.66. The summed E-state index contributed by atoms with van der Waals surface area (Å²) in [7, 11) is 0. The van der Waals surface area contributed by atoms with E-state index >= 15 is 0 Å². The van der Waals surface area contributed by atoms with Gasteiger partial charge in [-0.1, -0.05) is 30.3 Å². The van der Waals surface area contributed by atoms with Crippen LogP contribution in [0, 0.1) is 22.7 Å². The van der Waals surface area contributed by atoms with Crippen LogP contribution in [0.1, 0.15) is 38.8 Å². The largest absolute Gasteiger partial charge is 0.308 e. The van der Waals surface area contributed by atoms with Crippen LogP contribution in [0.2, 0.25) is 0 Å². The summed E-state index contributed by atoms with van der Waals surface area (Å²) in [4.78, 5) is 1.38. The molecule has 0 fully saturated rings. The highest BCUT2D eigenvalue weighted by Gasteiger charge is 2.22. The van der Waals surface area contributed by atoms with Gasteiger partial charge >= 0.3 is 0 Å². The minimum Gasteiger partial charge on any atom is -0.308 e. The lowest BCUT2D eigenvalue weighted by Gasteiger charge is -2.17. The molecule has 2 aromatic rings. The van der Waals surface area contributed by atoms with E-state index in [2.05, 4.69) is 12.1 Å². The van der Waals surface area contributed by atoms with Crippen LogP contribution in [-0.4, -0.2) is 12.2 Å². The average molecular weight is 385 g/mol. The molecule has 0 amide bonds. The van der Waals surface area contributed by atoms with Gasteiger partial charge in [0.05, 0.1) is 39.2 Å². The van der Waals surface area contributed by atoms with Crippen molar-refractivity contribution in [3.05, 3.63) is 47.5 Å². The van der Waals surface area contributed by atoms with Crippen LogP contribution < -0.4 is 0 Å². The Bertz CT molecular complexity index is 838. The van der Waals surface area contributed by atoms with E-state index in [0.717, 1.165) is 17.6 Å². The second-order valence-electron chi connectivity index (χ2n) is 6.05. The molecule has 0 saturated carbocycles. The lowest BCUT2D eigenvalue weighted by Crippen LogP contribution is -2.01. The number of nitrogens with zero attached hydrogens (tertiary/aromatic N) is 2. The summed E-state index contributed by atoms with van der Waals surface area (Å²) >= 11 is 2.32. The predicted octanol–water partition coefficient (Wildman–Crippen LogP) is 5.96. The first-order valence-corrected chi connectivity index (χ1v) is 9.69. The highest BCUT2D eigenvalue weighted by atomic mass is 32.2. The zero-order valence-corrected chi connectivity index (χ0v) is 16.8. The molecule has 0 aliphatic heterocycles. The molecule has 26 heavy (non-hydrogen) atoms. The molecule has 0 atom stereocenters. The third-order valence-electron chi connectivity index (χ3n) is 3.19. The maximum Gasteiger partial charge on any atom is 0.101 e. The second-order valence-corrected chi connectivity index (χ2v) is 7.61. The summed E-state index contributed by atoms with van der Waals surface area (Å²) in [5.74, 6) is 0. The number of benzene rings is 2. The fourth-order valence-electron chi connectivity index (χ4n) is 2.18. The quantitative estimate of drug-likeness (QED) is 0.549. The van der Waals surface area contributed by atoms with Crippen LogP contribution in [0.15, 0.2) is 46.2 Å². The fourth-order valence-corrected chi connectivity index (χ4v) is 3.68. The normalized spacial score (nSPS) is 10.8. The van der Waals surface area contributed by atoms with Crippen molar-refractivity contribution < 1.29 is 8.37 Å². The van der Waals surface area contributed by atoms with Gasteiger partial charge < -0.3 is 8.37 Å². The Morgan fingerprint density at radius 3 is 2.04 bits per heavy atom. The molecule has 0 aliphatic rings. The van der Waals surface area contributed by atoms with E-state index in [0.29, 0.717) is 26.5 Å². The summed E-state index contributed by atoms with van der Waals surface area (Å²) in [5.41, 5.74) is 2.32. The van der Waals surface area contributed by atoms with Gasteiger partial charge in [-0.15, -0.1) is 0 Å². The number of rotatable bonds is 7. The van der Waals surface area contributed by atoms with Gasteiger partial charge in [0.1, 0.15) is 6.07 Å². The lowest BCUT2D eigenvalue weighted by atomic mass is 9.95. The molecule has 0 aromatic heterocycles. The molecule has 0 heterocycles. The van der Waals surface area contributed by atoms with Gasteiger partial charge in [0.25, 0.3) is 0 Å². The van der Waals surface area contributed by atoms with Gasteiger partial charge in [-0.2, -0.15) is 10.5 Å². The Kier molecular flexibility index (Phi) is 7.56. The molecular formula is C20H20N2O2S2. The molecule has 2 rings (SSSR count). The van der Waals surface area contributed by atoms with Gasteiger partial charge in [0, 0.05) is 29.6 Å². The zero-order valence-electron chi connectivity index (χ0n) is 15.1. The molecule has 0 radical (unpaired) electrons. The number of hydrogen-bond acceptors (Lipinski definition) is 6. The summed E-state index contributed by atoms with van der Waals surface area (Å²) in [5, 5.41) is 19.5. The van der Waals surface area contributed by atoms with E-state index in [4.69, 9.17) is 8.37 Å². The Morgan fingerprint density at radius 2 is 1.50 bits per heavy atom. The van der Waals surface area contributed by atoms with Crippen molar-refractivity contribution in [3.63, 3.8) is 0 Å². The maximum absolute atomic E-state index is 9.87. The Morgan fingerprint density at radius 1 is 0.885 bits per heavy atom. The van der Waals surface area contributed by atoms with E-state index in [9.17, 15) is 10.5 Å². The molecule has 4 nitrogen and oxygen atoms in total. The number of hydrogen-bond donors (Lipinski definition) is 0. The lowest BCUT2D eigenvalue weighted by molar-refractivity contribution is 0.285. The Labute approximate surface area is 163 Å². The van der Waals surface area contributed by atoms with Crippen LogP contribution in [-0.2, 0) is 8.37 Å². The maximum atomic E-state index is 9.87. The van der Waals surface area contributed by atoms with Gasteiger partial charge in [-0.25, -0.2) is 0 Å². The van der Waals surface area contributed by atoms with Crippen LogP contribution in [0.5, 0.6) is 0 Å². The first-order chi connectivity index (χ1) is 12.5. The van der Waals surface area contributed by atoms with Crippen molar-refractivity contribution in [2.24, 2.45) is 0 Å². The van der Waals surface area contributed by atoms with E-state index in [1.807, 2.05) is 58.0 Å². The third kappa shape index (κ3) is 5.03. The molecule has 0 unspecified atom stereocenters. The van der Waals surface area contributed by atoms with Crippen molar-refractivity contribution in [2.75, 3.05) is 0 Å². The van der Waals surface area contributed by atoms with E-state index in [1.54, 1.807) is 6.07 Å². The summed E-state index contributed by atoms with van der Waals surface area (Å²) in [6.07, 6.45) is -0.0000305. The van der Waals surface area contributed by atoms with Gasteiger partial charge in [-0.3, -0.25) is 0 Å². The van der Waals surface area contributed by atoms with Crippen molar-refractivity contribution in [1.29, 1.82) is 10.5 Å². The molecular weight excluding hydrogens is 364 g/mol. The molecule has 2 aromatic carbocycles.